The van der Waals surface area contributed by atoms with Gasteiger partial charge in [-0.3, -0.25) is 19.4 Å². The Morgan fingerprint density at radius 2 is 1.74 bits per heavy atom. The van der Waals surface area contributed by atoms with Crippen LogP contribution < -0.4 is 5.32 Å². The fourth-order valence-corrected chi connectivity index (χ4v) is 8.48. The number of rotatable bonds is 7. The quantitative estimate of drug-likeness (QED) is 0.261. The third-order valence-electron chi connectivity index (χ3n) is 11.5. The Bertz CT molecular complexity index is 1700. The summed E-state index contributed by atoms with van der Waals surface area (Å²) in [6, 6.07) is 9.01. The number of alkyl carbamates (subject to hydrolysis) is 1. The number of fused-ring (bicyclic) bond motifs is 2. The second-order valence-corrected chi connectivity index (χ2v) is 15.8. The SMILES string of the molecule is CC[C@H]1OC(=O)[C@H](C)C(=O)[C@H](C)[C@@H](O[C@@H]2O[C@H](C)C[C@H](C)[C@H]2O)[C@@](C)(OC/C=C/c2cnc3ccccc3c2)C[C@@H](C)C(=O)[C@H](C)[C@H]2NC(=O)O[C@@]21C. The molecular weight excluding hydrogens is 680 g/mol. The van der Waals surface area contributed by atoms with Gasteiger partial charge < -0.3 is 34.1 Å². The predicted molar refractivity (Wildman–Crippen MR) is 197 cm³/mol. The summed E-state index contributed by atoms with van der Waals surface area (Å²) in [4.78, 5) is 59.6. The first-order chi connectivity index (χ1) is 25.0. The number of nitrogens with zero attached hydrogens (tertiary/aromatic N) is 1. The Balaban J connectivity index is 1.54. The monoisotopic (exact) mass is 736 g/mol. The van der Waals surface area contributed by atoms with E-state index < -0.39 is 83.4 Å². The van der Waals surface area contributed by atoms with Gasteiger partial charge in [-0.25, -0.2) is 4.79 Å². The molecule has 3 fully saturated rings. The number of carbonyl (C=O) groups is 4. The van der Waals surface area contributed by atoms with E-state index in [4.69, 9.17) is 23.7 Å². The highest BCUT2D eigenvalue weighted by Gasteiger charge is 2.57. The fraction of sp³-hybridized carbons (Fsp3) is 0.634. The Kier molecular flexibility index (Phi) is 12.5. The molecule has 13 atom stereocenters. The van der Waals surface area contributed by atoms with E-state index in [0.717, 1.165) is 16.5 Å². The van der Waals surface area contributed by atoms with Gasteiger partial charge in [0.2, 0.25) is 0 Å². The molecule has 2 aromatic rings. The Labute approximate surface area is 312 Å². The van der Waals surface area contributed by atoms with Crippen LogP contribution in [-0.2, 0) is 38.1 Å². The van der Waals surface area contributed by atoms with Gasteiger partial charge in [-0.15, -0.1) is 0 Å². The van der Waals surface area contributed by atoms with Crippen LogP contribution in [0.2, 0.25) is 0 Å². The lowest BCUT2D eigenvalue weighted by molar-refractivity contribution is -0.296. The zero-order chi connectivity index (χ0) is 38.8. The number of hydrogen-bond acceptors (Lipinski definition) is 11. The number of nitrogens with one attached hydrogen (secondary N) is 1. The number of benzene rings is 1. The van der Waals surface area contributed by atoms with Crippen molar-refractivity contribution in [3.63, 3.8) is 0 Å². The van der Waals surface area contributed by atoms with Gasteiger partial charge in [-0.05, 0) is 70.6 Å². The van der Waals surface area contributed by atoms with Crippen LogP contribution in [0.4, 0.5) is 4.79 Å². The van der Waals surface area contributed by atoms with E-state index in [0.29, 0.717) is 6.42 Å². The van der Waals surface area contributed by atoms with Crippen LogP contribution in [0.25, 0.3) is 17.0 Å². The van der Waals surface area contributed by atoms with Gasteiger partial charge in [0, 0.05) is 29.3 Å². The third kappa shape index (κ3) is 8.51. The van der Waals surface area contributed by atoms with Crippen LogP contribution in [0.3, 0.4) is 0 Å². The normalized spacial score (nSPS) is 38.9. The van der Waals surface area contributed by atoms with Gasteiger partial charge in [-0.2, -0.15) is 0 Å². The molecule has 12 heteroatoms. The van der Waals surface area contributed by atoms with E-state index in [-0.39, 0.29) is 37.3 Å². The number of aliphatic hydroxyl groups excluding tert-OH is 1. The number of para-hydroxylation sites is 1. The number of amides is 1. The summed E-state index contributed by atoms with van der Waals surface area (Å²) in [6.45, 7) is 15.8. The second kappa shape index (κ2) is 16.3. The molecule has 3 aliphatic heterocycles. The van der Waals surface area contributed by atoms with Crippen molar-refractivity contribution in [1.82, 2.24) is 10.3 Å². The maximum atomic E-state index is 14.3. The Morgan fingerprint density at radius 1 is 1.02 bits per heavy atom. The lowest BCUT2D eigenvalue weighted by Gasteiger charge is -2.46. The second-order valence-electron chi connectivity index (χ2n) is 15.8. The van der Waals surface area contributed by atoms with E-state index in [1.165, 1.54) is 6.92 Å². The predicted octanol–water partition coefficient (Wildman–Crippen LogP) is 5.82. The minimum atomic E-state index is -1.37. The van der Waals surface area contributed by atoms with E-state index in [1.54, 1.807) is 47.7 Å². The summed E-state index contributed by atoms with van der Waals surface area (Å²) in [5.41, 5.74) is -0.963. The Morgan fingerprint density at radius 3 is 2.45 bits per heavy atom. The molecule has 290 valence electrons. The van der Waals surface area contributed by atoms with E-state index in [2.05, 4.69) is 10.3 Å². The minimum absolute atomic E-state index is 0.0712. The van der Waals surface area contributed by atoms with Crippen molar-refractivity contribution in [3.8, 4) is 0 Å². The molecule has 2 N–H and O–H groups in total. The molecule has 4 heterocycles. The molecule has 0 radical (unpaired) electrons. The molecule has 5 rings (SSSR count). The average Bonchev–Trinajstić information content (AvgIpc) is 3.44. The first-order valence-electron chi connectivity index (χ1n) is 18.9. The standard InChI is InChI=1S/C41H56N2O10/c1-10-31-41(9)35(43-39(48)53-41)25(5)32(44)23(3)20-40(8,49-17-13-14-28-19-29-15-11-12-16-30(29)42-21-28)36(26(6)34(46)27(7)37(47)51-31)52-38-33(45)22(2)18-24(4)50-38/h11-16,19,21-27,31,33,35-36,38,45H,10,17-18,20H2,1-9H3,(H,43,48)/b14-13+/t22-,23+,24+,25-,26-,27+,31+,33+,35+,36+,38-,40-,41+/m0/s1. The first-order valence-corrected chi connectivity index (χ1v) is 18.9. The van der Waals surface area contributed by atoms with Crippen molar-refractivity contribution in [2.45, 2.75) is 130 Å². The number of aromatic nitrogens is 1. The number of hydrogen-bond donors (Lipinski definition) is 2. The van der Waals surface area contributed by atoms with E-state index in [1.807, 2.05) is 56.3 Å². The molecule has 0 aliphatic carbocycles. The summed E-state index contributed by atoms with van der Waals surface area (Å²) < 4.78 is 31.1. The lowest BCUT2D eigenvalue weighted by Crippen LogP contribution is -2.59. The molecule has 0 unspecified atom stereocenters. The van der Waals surface area contributed by atoms with Gasteiger partial charge in [0.05, 0.1) is 36.0 Å². The first kappa shape index (κ1) is 40.5. The molecule has 0 spiro atoms. The number of ether oxygens (including phenoxy) is 5. The third-order valence-corrected chi connectivity index (χ3v) is 11.5. The molecule has 12 nitrogen and oxygen atoms in total. The van der Waals surface area contributed by atoms with Crippen molar-refractivity contribution in [2.24, 2.45) is 29.6 Å². The van der Waals surface area contributed by atoms with Crippen molar-refractivity contribution < 1.29 is 48.0 Å². The summed E-state index contributed by atoms with van der Waals surface area (Å²) >= 11 is 0. The van der Waals surface area contributed by atoms with E-state index >= 15 is 0 Å². The molecule has 0 saturated carbocycles. The van der Waals surface area contributed by atoms with Crippen LogP contribution in [0.15, 0.2) is 42.6 Å². The smallest absolute Gasteiger partial charge is 0.408 e. The largest absolute Gasteiger partial charge is 0.458 e. The molecule has 1 aromatic heterocycles. The summed E-state index contributed by atoms with van der Waals surface area (Å²) in [6.07, 6.45) is 1.43. The highest BCUT2D eigenvalue weighted by atomic mass is 16.7. The van der Waals surface area contributed by atoms with Crippen LogP contribution in [0.5, 0.6) is 0 Å². The summed E-state index contributed by atoms with van der Waals surface area (Å²) in [5.74, 6) is -5.20. The van der Waals surface area contributed by atoms with Crippen LogP contribution in [0.1, 0.15) is 87.1 Å². The highest BCUT2D eigenvalue weighted by Crippen LogP contribution is 2.40. The minimum Gasteiger partial charge on any atom is -0.458 e. The van der Waals surface area contributed by atoms with Gasteiger partial charge in [0.15, 0.2) is 17.7 Å². The number of ketones is 2. The zero-order valence-corrected chi connectivity index (χ0v) is 32.4. The topological polar surface area (TPSA) is 160 Å². The zero-order valence-electron chi connectivity index (χ0n) is 32.4. The number of cyclic esters (lactones) is 1. The number of aliphatic hydroxyl groups is 1. The van der Waals surface area contributed by atoms with Crippen LogP contribution in [-0.4, -0.2) is 88.3 Å². The van der Waals surface area contributed by atoms with Crippen LogP contribution >= 0.6 is 0 Å². The van der Waals surface area contributed by atoms with Crippen molar-refractivity contribution in [3.05, 3.63) is 48.2 Å². The maximum absolute atomic E-state index is 14.3. The summed E-state index contributed by atoms with van der Waals surface area (Å²) in [7, 11) is 0. The molecule has 3 saturated heterocycles. The Hall–Kier alpha value is -3.71. The maximum Gasteiger partial charge on any atom is 0.408 e. The number of pyridine rings is 1. The highest BCUT2D eigenvalue weighted by molar-refractivity contribution is 6.00. The average molecular weight is 737 g/mol. The van der Waals surface area contributed by atoms with Crippen molar-refractivity contribution in [1.29, 1.82) is 0 Å². The van der Waals surface area contributed by atoms with Crippen molar-refractivity contribution >= 4 is 40.6 Å². The number of Topliss-reactive ketones (excluding diaryl/α,β-unsaturated/α-hetero) is 2. The van der Waals surface area contributed by atoms with Crippen LogP contribution in [0, 0.1) is 29.6 Å². The van der Waals surface area contributed by atoms with E-state index in [9.17, 15) is 24.3 Å². The molecule has 53 heavy (non-hydrogen) atoms. The molecule has 0 bridgehead atoms. The van der Waals surface area contributed by atoms with Gasteiger partial charge >= 0.3 is 12.1 Å². The summed E-state index contributed by atoms with van der Waals surface area (Å²) in [5, 5.41) is 15.0. The molecule has 1 amide bonds. The molecule has 3 aliphatic rings. The molecular formula is C41H56N2O10. The number of carbonyl (C=O) groups excluding carboxylic acids is 4. The van der Waals surface area contributed by atoms with Gasteiger partial charge in [0.25, 0.3) is 0 Å². The van der Waals surface area contributed by atoms with Gasteiger partial charge in [-0.1, -0.05) is 65.0 Å². The fourth-order valence-electron chi connectivity index (χ4n) is 8.48. The van der Waals surface area contributed by atoms with Gasteiger partial charge in [0.1, 0.15) is 23.9 Å². The lowest BCUT2D eigenvalue weighted by atomic mass is 9.73. The number of esters is 1. The molecule has 1 aromatic carbocycles. The van der Waals surface area contributed by atoms with Crippen molar-refractivity contribution in [2.75, 3.05) is 6.61 Å².